The van der Waals surface area contributed by atoms with E-state index in [0.717, 1.165) is 11.9 Å². The van der Waals surface area contributed by atoms with Crippen LogP contribution in [-0.4, -0.2) is 64.2 Å². The van der Waals surface area contributed by atoms with Gasteiger partial charge >= 0.3 is 5.97 Å². The number of ether oxygens (including phenoxy) is 1. The molecule has 0 atom stereocenters. The first kappa shape index (κ1) is 20.9. The van der Waals surface area contributed by atoms with Crippen molar-refractivity contribution in [1.29, 1.82) is 0 Å². The van der Waals surface area contributed by atoms with Crippen LogP contribution in [0.5, 0.6) is 0 Å². The lowest BCUT2D eigenvalue weighted by atomic mass is 10.1. The smallest absolute Gasteiger partial charge is 0.338 e. The second kappa shape index (κ2) is 8.65. The minimum Gasteiger partial charge on any atom is -0.452 e. The van der Waals surface area contributed by atoms with Gasteiger partial charge in [0.1, 0.15) is 0 Å². The van der Waals surface area contributed by atoms with E-state index in [1.165, 1.54) is 12.1 Å². The Labute approximate surface area is 170 Å². The van der Waals surface area contributed by atoms with Crippen molar-refractivity contribution in [2.75, 3.05) is 43.9 Å². The molecule has 8 heteroatoms. The molecule has 7 nitrogen and oxygen atoms in total. The Balaban J connectivity index is 1.55. The lowest BCUT2D eigenvalue weighted by Gasteiger charge is -2.36. The van der Waals surface area contributed by atoms with Crippen LogP contribution < -0.4 is 4.90 Å². The van der Waals surface area contributed by atoms with Crippen molar-refractivity contribution < 1.29 is 22.7 Å². The number of aryl methyl sites for hydroxylation is 1. The van der Waals surface area contributed by atoms with E-state index in [-0.39, 0.29) is 23.0 Å². The van der Waals surface area contributed by atoms with E-state index in [4.69, 9.17) is 4.74 Å². The van der Waals surface area contributed by atoms with E-state index < -0.39 is 15.8 Å². The van der Waals surface area contributed by atoms with Crippen LogP contribution in [0.25, 0.3) is 0 Å². The van der Waals surface area contributed by atoms with Crippen LogP contribution in [0.3, 0.4) is 0 Å². The molecule has 1 heterocycles. The normalized spacial score (nSPS) is 14.6. The van der Waals surface area contributed by atoms with Gasteiger partial charge in [0.25, 0.3) is 5.91 Å². The third-order valence-corrected chi connectivity index (χ3v) is 6.05. The average Bonchev–Trinajstić information content (AvgIpc) is 2.72. The molecule has 29 heavy (non-hydrogen) atoms. The molecule has 1 fully saturated rings. The zero-order valence-corrected chi connectivity index (χ0v) is 17.3. The number of hydrogen-bond acceptors (Lipinski definition) is 6. The summed E-state index contributed by atoms with van der Waals surface area (Å²) in [6.45, 7) is 3.83. The molecular formula is C21H24N2O5S. The lowest BCUT2D eigenvalue weighted by Crippen LogP contribution is -2.49. The highest BCUT2D eigenvalue weighted by molar-refractivity contribution is 7.90. The Morgan fingerprint density at radius 2 is 1.66 bits per heavy atom. The second-order valence-corrected chi connectivity index (χ2v) is 9.04. The van der Waals surface area contributed by atoms with Crippen molar-refractivity contribution in [3.05, 3.63) is 59.7 Å². The molecule has 154 valence electrons. The Hall–Kier alpha value is -2.87. The number of piperazine rings is 1. The summed E-state index contributed by atoms with van der Waals surface area (Å²) in [4.78, 5) is 28.7. The summed E-state index contributed by atoms with van der Waals surface area (Å²) < 4.78 is 28.6. The molecule has 0 unspecified atom stereocenters. The summed E-state index contributed by atoms with van der Waals surface area (Å²) in [6.07, 6.45) is 1.07. The van der Waals surface area contributed by atoms with Crippen molar-refractivity contribution >= 4 is 27.4 Å². The highest BCUT2D eigenvalue weighted by atomic mass is 32.2. The first-order valence-electron chi connectivity index (χ1n) is 9.31. The van der Waals surface area contributed by atoms with E-state index in [9.17, 15) is 18.0 Å². The first-order valence-corrected chi connectivity index (χ1v) is 11.2. The first-order chi connectivity index (χ1) is 13.8. The number of benzene rings is 2. The van der Waals surface area contributed by atoms with Gasteiger partial charge in [0, 0.05) is 38.1 Å². The molecule has 1 aliphatic heterocycles. The van der Waals surface area contributed by atoms with Gasteiger partial charge in [0.2, 0.25) is 0 Å². The van der Waals surface area contributed by atoms with E-state index in [2.05, 4.69) is 4.90 Å². The van der Waals surface area contributed by atoms with Crippen molar-refractivity contribution in [2.45, 2.75) is 11.8 Å². The number of esters is 1. The molecule has 1 aliphatic rings. The van der Waals surface area contributed by atoms with Gasteiger partial charge in [-0.2, -0.15) is 0 Å². The standard InChI is InChI=1S/C21H24N2O5S/c1-16-8-9-18(29(2,26)27)14-19(16)21(25)28-15-20(24)23-12-10-22(11-13-23)17-6-4-3-5-7-17/h3-9,14H,10-13,15H2,1-2H3. The molecule has 0 saturated carbocycles. The summed E-state index contributed by atoms with van der Waals surface area (Å²) in [6, 6.07) is 14.3. The van der Waals surface area contributed by atoms with Gasteiger partial charge in [0.05, 0.1) is 10.5 Å². The number of amides is 1. The monoisotopic (exact) mass is 416 g/mol. The van der Waals surface area contributed by atoms with Gasteiger partial charge in [-0.05, 0) is 36.8 Å². The molecule has 0 aromatic heterocycles. The minimum absolute atomic E-state index is 0.0402. The summed E-state index contributed by atoms with van der Waals surface area (Å²) in [5.41, 5.74) is 1.85. The zero-order valence-electron chi connectivity index (χ0n) is 16.5. The van der Waals surface area contributed by atoms with E-state index in [1.807, 2.05) is 30.3 Å². The third kappa shape index (κ3) is 5.14. The number of rotatable bonds is 5. The largest absolute Gasteiger partial charge is 0.452 e. The van der Waals surface area contributed by atoms with Crippen LogP contribution in [0.4, 0.5) is 5.69 Å². The fraction of sp³-hybridized carbons (Fsp3) is 0.333. The Morgan fingerprint density at radius 1 is 1.00 bits per heavy atom. The molecule has 0 bridgehead atoms. The number of para-hydroxylation sites is 1. The van der Waals surface area contributed by atoms with Crippen LogP contribution in [0, 0.1) is 6.92 Å². The fourth-order valence-corrected chi connectivity index (χ4v) is 3.85. The highest BCUT2D eigenvalue weighted by Gasteiger charge is 2.23. The van der Waals surface area contributed by atoms with Gasteiger partial charge in [-0.1, -0.05) is 24.3 Å². The predicted octanol–water partition coefficient (Wildman–Crippen LogP) is 1.90. The predicted molar refractivity (Wildman–Crippen MR) is 110 cm³/mol. The quantitative estimate of drug-likeness (QED) is 0.693. The summed E-state index contributed by atoms with van der Waals surface area (Å²) in [5, 5.41) is 0. The van der Waals surface area contributed by atoms with Gasteiger partial charge in [-0.15, -0.1) is 0 Å². The maximum Gasteiger partial charge on any atom is 0.338 e. The number of carbonyl (C=O) groups excluding carboxylic acids is 2. The Kier molecular flexibility index (Phi) is 6.22. The Bertz CT molecular complexity index is 997. The fourth-order valence-electron chi connectivity index (χ4n) is 3.20. The van der Waals surface area contributed by atoms with E-state index in [0.29, 0.717) is 31.7 Å². The molecule has 3 rings (SSSR count). The lowest BCUT2D eigenvalue weighted by molar-refractivity contribution is -0.134. The van der Waals surface area contributed by atoms with Crippen LogP contribution in [0.15, 0.2) is 53.4 Å². The van der Waals surface area contributed by atoms with Gasteiger partial charge in [-0.25, -0.2) is 13.2 Å². The molecule has 0 aliphatic carbocycles. The van der Waals surface area contributed by atoms with Crippen LogP contribution in [-0.2, 0) is 19.4 Å². The minimum atomic E-state index is -3.44. The molecule has 2 aromatic carbocycles. The molecular weight excluding hydrogens is 392 g/mol. The van der Waals surface area contributed by atoms with Crippen molar-refractivity contribution in [3.63, 3.8) is 0 Å². The summed E-state index contributed by atoms with van der Waals surface area (Å²) in [7, 11) is -3.44. The van der Waals surface area contributed by atoms with Crippen LogP contribution in [0.1, 0.15) is 15.9 Å². The summed E-state index contributed by atoms with van der Waals surface area (Å²) >= 11 is 0. The average molecular weight is 416 g/mol. The van der Waals surface area contributed by atoms with Gasteiger partial charge < -0.3 is 14.5 Å². The molecule has 2 aromatic rings. The number of nitrogens with zero attached hydrogens (tertiary/aromatic N) is 2. The maximum atomic E-state index is 12.4. The highest BCUT2D eigenvalue weighted by Crippen LogP contribution is 2.18. The number of carbonyl (C=O) groups is 2. The molecule has 1 amide bonds. The van der Waals surface area contributed by atoms with Crippen LogP contribution in [0.2, 0.25) is 0 Å². The second-order valence-electron chi connectivity index (χ2n) is 7.03. The number of sulfone groups is 1. The number of hydrogen-bond donors (Lipinski definition) is 0. The molecule has 0 N–H and O–H groups in total. The van der Waals surface area contributed by atoms with Crippen molar-refractivity contribution in [2.24, 2.45) is 0 Å². The summed E-state index contributed by atoms with van der Waals surface area (Å²) in [5.74, 6) is -0.966. The molecule has 1 saturated heterocycles. The van der Waals surface area contributed by atoms with E-state index in [1.54, 1.807) is 17.9 Å². The topological polar surface area (TPSA) is 84.0 Å². The van der Waals surface area contributed by atoms with Crippen molar-refractivity contribution in [3.8, 4) is 0 Å². The van der Waals surface area contributed by atoms with Crippen LogP contribution >= 0.6 is 0 Å². The number of anilines is 1. The zero-order chi connectivity index (χ0) is 21.0. The molecule has 0 spiro atoms. The van der Waals surface area contributed by atoms with Crippen molar-refractivity contribution in [1.82, 2.24) is 4.90 Å². The Morgan fingerprint density at radius 3 is 2.28 bits per heavy atom. The third-order valence-electron chi connectivity index (χ3n) is 4.94. The molecule has 0 radical (unpaired) electrons. The van der Waals surface area contributed by atoms with Gasteiger partial charge in [0.15, 0.2) is 16.4 Å². The maximum absolute atomic E-state index is 12.4. The van der Waals surface area contributed by atoms with E-state index >= 15 is 0 Å². The SMILES string of the molecule is Cc1ccc(S(C)(=O)=O)cc1C(=O)OCC(=O)N1CCN(c2ccccc2)CC1. The van der Waals surface area contributed by atoms with Gasteiger partial charge in [-0.3, -0.25) is 4.79 Å².